The third-order valence-corrected chi connectivity index (χ3v) is 7.90. The largest absolute Gasteiger partial charge is 0.380 e. The Labute approximate surface area is 223 Å². The van der Waals surface area contributed by atoms with Gasteiger partial charge in [-0.3, -0.25) is 4.79 Å². The van der Waals surface area contributed by atoms with Crippen LogP contribution in [0.25, 0.3) is 0 Å². The van der Waals surface area contributed by atoms with E-state index >= 15 is 0 Å². The van der Waals surface area contributed by atoms with Crippen LogP contribution in [0.1, 0.15) is 79.4 Å². The van der Waals surface area contributed by atoms with Crippen LogP contribution in [0.15, 0.2) is 84.9 Å². The zero-order chi connectivity index (χ0) is 26.1. The van der Waals surface area contributed by atoms with Gasteiger partial charge in [-0.25, -0.2) is 0 Å². The summed E-state index contributed by atoms with van der Waals surface area (Å²) in [5.74, 6) is 1.09. The van der Waals surface area contributed by atoms with E-state index in [0.29, 0.717) is 12.3 Å². The van der Waals surface area contributed by atoms with Gasteiger partial charge in [0.1, 0.15) is 5.60 Å². The summed E-state index contributed by atoms with van der Waals surface area (Å²) in [6.45, 7) is 7.52. The number of carbonyl (C=O) groups is 1. The van der Waals surface area contributed by atoms with E-state index < -0.39 is 5.60 Å². The van der Waals surface area contributed by atoms with Crippen LogP contribution in [0.3, 0.4) is 0 Å². The Morgan fingerprint density at radius 3 is 1.95 bits per heavy atom. The van der Waals surface area contributed by atoms with Gasteiger partial charge in [0.15, 0.2) is 5.78 Å². The highest BCUT2D eigenvalue weighted by Gasteiger charge is 2.41. The Balaban J connectivity index is 1.21. The minimum Gasteiger partial charge on any atom is -0.380 e. The molecule has 1 heterocycles. The van der Waals surface area contributed by atoms with Gasteiger partial charge in [0.05, 0.1) is 0 Å². The molecule has 1 fully saturated rings. The molecular formula is C34H43NO2. The van der Waals surface area contributed by atoms with Crippen molar-refractivity contribution in [3.8, 4) is 0 Å². The quantitative estimate of drug-likeness (QED) is 0.211. The summed E-state index contributed by atoms with van der Waals surface area (Å²) in [4.78, 5) is 15.1. The number of unbranched alkanes of at least 4 members (excludes halogenated alkanes) is 2. The monoisotopic (exact) mass is 497 g/mol. The van der Waals surface area contributed by atoms with Crippen LogP contribution < -0.4 is 0 Å². The molecule has 0 aromatic heterocycles. The third kappa shape index (κ3) is 7.18. The van der Waals surface area contributed by atoms with Gasteiger partial charge < -0.3 is 10.0 Å². The Bertz CT molecular complexity index is 1040. The fourth-order valence-electron chi connectivity index (χ4n) is 5.84. The topological polar surface area (TPSA) is 40.5 Å². The fraction of sp³-hybridized carbons (Fsp3) is 0.441. The summed E-state index contributed by atoms with van der Waals surface area (Å²) < 4.78 is 0. The molecule has 37 heavy (non-hydrogen) atoms. The van der Waals surface area contributed by atoms with E-state index in [1.165, 1.54) is 5.56 Å². The van der Waals surface area contributed by atoms with Gasteiger partial charge in [0, 0.05) is 12.0 Å². The van der Waals surface area contributed by atoms with E-state index in [4.69, 9.17) is 0 Å². The lowest BCUT2D eigenvalue weighted by atomic mass is 9.72. The molecule has 0 unspecified atom stereocenters. The predicted octanol–water partition coefficient (Wildman–Crippen LogP) is 7.28. The van der Waals surface area contributed by atoms with E-state index in [-0.39, 0.29) is 11.7 Å². The first-order chi connectivity index (χ1) is 18.0. The Morgan fingerprint density at radius 1 is 0.838 bits per heavy atom. The van der Waals surface area contributed by atoms with Gasteiger partial charge in [-0.2, -0.15) is 0 Å². The van der Waals surface area contributed by atoms with Gasteiger partial charge in [-0.05, 0) is 80.3 Å². The minimum atomic E-state index is -0.956. The van der Waals surface area contributed by atoms with Gasteiger partial charge in [0.2, 0.25) is 0 Å². The molecule has 0 amide bonds. The molecule has 0 saturated carbocycles. The van der Waals surface area contributed by atoms with Crippen molar-refractivity contribution in [2.75, 3.05) is 19.6 Å². The highest BCUT2D eigenvalue weighted by molar-refractivity contribution is 5.96. The normalized spacial score (nSPS) is 15.2. The molecule has 3 heteroatoms. The van der Waals surface area contributed by atoms with Gasteiger partial charge in [-0.15, -0.1) is 0 Å². The molecule has 3 aromatic rings. The lowest BCUT2D eigenvalue weighted by Gasteiger charge is -2.42. The second kappa shape index (κ2) is 13.2. The molecule has 4 rings (SSSR count). The summed E-state index contributed by atoms with van der Waals surface area (Å²) in [6.07, 6.45) is 6.79. The van der Waals surface area contributed by atoms with Gasteiger partial charge in [0.25, 0.3) is 0 Å². The molecule has 3 aromatic carbocycles. The predicted molar refractivity (Wildman–Crippen MR) is 153 cm³/mol. The Kier molecular flexibility index (Phi) is 9.71. The summed E-state index contributed by atoms with van der Waals surface area (Å²) in [6, 6.07) is 28.5. The van der Waals surface area contributed by atoms with E-state index in [1.807, 2.05) is 48.5 Å². The van der Waals surface area contributed by atoms with E-state index in [2.05, 4.69) is 55.1 Å². The number of benzene rings is 3. The van der Waals surface area contributed by atoms with Crippen molar-refractivity contribution in [2.24, 2.45) is 11.8 Å². The number of Topliss-reactive ketones (excluding diaryl/α,β-unsaturated/α-hetero) is 1. The second-order valence-corrected chi connectivity index (χ2v) is 11.1. The van der Waals surface area contributed by atoms with Crippen molar-refractivity contribution >= 4 is 5.78 Å². The second-order valence-electron chi connectivity index (χ2n) is 11.1. The van der Waals surface area contributed by atoms with Crippen molar-refractivity contribution in [1.29, 1.82) is 0 Å². The first kappa shape index (κ1) is 27.3. The number of carbonyl (C=O) groups excluding carboxylic acids is 1. The van der Waals surface area contributed by atoms with E-state index in [0.717, 1.165) is 74.8 Å². The maximum atomic E-state index is 12.6. The summed E-state index contributed by atoms with van der Waals surface area (Å²) >= 11 is 0. The van der Waals surface area contributed by atoms with Crippen molar-refractivity contribution in [2.45, 2.75) is 64.4 Å². The number of ketones is 1. The maximum Gasteiger partial charge on any atom is 0.162 e. The summed E-state index contributed by atoms with van der Waals surface area (Å²) in [7, 11) is 0. The maximum absolute atomic E-state index is 12.6. The third-order valence-electron chi connectivity index (χ3n) is 7.90. The molecule has 1 N–H and O–H groups in total. The van der Waals surface area contributed by atoms with Gasteiger partial charge >= 0.3 is 0 Å². The molecule has 0 bridgehead atoms. The molecule has 1 aliphatic heterocycles. The van der Waals surface area contributed by atoms with Crippen molar-refractivity contribution in [3.63, 3.8) is 0 Å². The number of likely N-dealkylation sites (tertiary alicyclic amines) is 1. The molecule has 196 valence electrons. The fourth-order valence-corrected chi connectivity index (χ4v) is 5.84. The minimum absolute atomic E-state index is 0.193. The standard InChI is InChI=1S/C34H43NO2/c1-27(2)26-28-17-19-29(20-18-28)33(36)16-10-5-11-23-35-24-21-32(22-25-35)34(37,30-12-6-3-7-13-30)31-14-8-4-9-15-31/h3-4,6-9,12-15,17-20,27,32,37H,5,10-11,16,21-26H2,1-2H3. The number of rotatable bonds is 12. The first-order valence-corrected chi connectivity index (χ1v) is 14.1. The molecule has 1 saturated heterocycles. The van der Waals surface area contributed by atoms with Crippen LogP contribution in [0.2, 0.25) is 0 Å². The number of hydrogen-bond donors (Lipinski definition) is 1. The van der Waals surface area contributed by atoms with Crippen LogP contribution >= 0.6 is 0 Å². The Hall–Kier alpha value is -2.75. The van der Waals surface area contributed by atoms with Crippen molar-refractivity contribution in [3.05, 3.63) is 107 Å². The lowest BCUT2D eigenvalue weighted by Crippen LogP contribution is -2.44. The van der Waals surface area contributed by atoms with Crippen LogP contribution in [0, 0.1) is 11.8 Å². The van der Waals surface area contributed by atoms with E-state index in [9.17, 15) is 9.90 Å². The zero-order valence-corrected chi connectivity index (χ0v) is 22.6. The van der Waals surface area contributed by atoms with Crippen LogP contribution in [-0.4, -0.2) is 35.4 Å². The summed E-state index contributed by atoms with van der Waals surface area (Å²) in [5.41, 5.74) is 3.17. The lowest BCUT2D eigenvalue weighted by molar-refractivity contribution is -0.0143. The molecule has 0 radical (unpaired) electrons. The van der Waals surface area contributed by atoms with Crippen LogP contribution in [0.4, 0.5) is 0 Å². The molecule has 0 spiro atoms. The molecular weight excluding hydrogens is 454 g/mol. The van der Waals surface area contributed by atoms with E-state index in [1.54, 1.807) is 0 Å². The molecule has 0 aliphatic carbocycles. The number of piperidine rings is 1. The van der Waals surface area contributed by atoms with Crippen molar-refractivity contribution < 1.29 is 9.90 Å². The number of nitrogens with zero attached hydrogens (tertiary/aromatic N) is 1. The van der Waals surface area contributed by atoms with Gasteiger partial charge in [-0.1, -0.05) is 105 Å². The average Bonchev–Trinajstić information content (AvgIpc) is 2.93. The number of aliphatic hydroxyl groups is 1. The average molecular weight is 498 g/mol. The highest BCUT2D eigenvalue weighted by Crippen LogP contribution is 2.41. The summed E-state index contributed by atoms with van der Waals surface area (Å²) in [5, 5.41) is 12.1. The molecule has 1 aliphatic rings. The zero-order valence-electron chi connectivity index (χ0n) is 22.6. The van der Waals surface area contributed by atoms with Crippen LogP contribution in [-0.2, 0) is 12.0 Å². The van der Waals surface area contributed by atoms with Crippen molar-refractivity contribution in [1.82, 2.24) is 4.90 Å². The molecule has 0 atom stereocenters. The molecule has 3 nitrogen and oxygen atoms in total. The smallest absolute Gasteiger partial charge is 0.162 e. The first-order valence-electron chi connectivity index (χ1n) is 14.1. The SMILES string of the molecule is CC(C)Cc1ccc(C(=O)CCCCCN2CCC(C(O)(c3ccccc3)c3ccccc3)CC2)cc1. The highest BCUT2D eigenvalue weighted by atomic mass is 16.3. The Morgan fingerprint density at radius 2 is 1.41 bits per heavy atom. The van der Waals surface area contributed by atoms with Crippen LogP contribution in [0.5, 0.6) is 0 Å². The number of hydrogen-bond acceptors (Lipinski definition) is 3.